The summed E-state index contributed by atoms with van der Waals surface area (Å²) in [6, 6.07) is 4.08. The minimum atomic E-state index is 0. The first-order valence-corrected chi connectivity index (χ1v) is 4.03. The van der Waals surface area contributed by atoms with Crippen LogP contribution in [0.25, 0.3) is 0 Å². The summed E-state index contributed by atoms with van der Waals surface area (Å²) < 4.78 is 0. The van der Waals surface area contributed by atoms with Crippen LogP contribution in [0.1, 0.15) is 13.9 Å². The van der Waals surface area contributed by atoms with Gasteiger partial charge in [-0.15, -0.1) is 0 Å². The smallest absolute Gasteiger partial charge is 0.0300 e. The van der Waals surface area contributed by atoms with Crippen LogP contribution in [0.3, 0.4) is 0 Å². The van der Waals surface area contributed by atoms with E-state index in [9.17, 15) is 0 Å². The monoisotopic (exact) mass is 152 g/mol. The molecule has 0 fully saturated rings. The molecule has 1 rings (SSSR count). The molecule has 2 nitrogen and oxygen atoms in total. The fourth-order valence-corrected chi connectivity index (χ4v) is 0.956. The number of likely N-dealkylation sites (N-methyl/N-ethyl adjacent to an activating group) is 1. The van der Waals surface area contributed by atoms with E-state index in [1.54, 1.807) is 6.20 Å². The fraction of sp³-hybridized carbons (Fsp3) is 0.444. The molecule has 0 aliphatic carbocycles. The lowest BCUT2D eigenvalue weighted by Crippen LogP contribution is -2.15. The van der Waals surface area contributed by atoms with Gasteiger partial charge in [-0.3, -0.25) is 4.98 Å². The van der Waals surface area contributed by atoms with Crippen molar-refractivity contribution < 1.29 is 1.43 Å². The van der Waals surface area contributed by atoms with Crippen molar-refractivity contribution in [1.82, 2.24) is 10.3 Å². The average molecular weight is 152 g/mol. The molecule has 62 valence electrons. The van der Waals surface area contributed by atoms with E-state index >= 15 is 0 Å². The molecule has 0 bridgehead atoms. The number of nitrogens with one attached hydrogen (secondary N) is 1. The van der Waals surface area contributed by atoms with E-state index in [1.165, 1.54) is 5.56 Å². The Morgan fingerprint density at radius 1 is 1.64 bits per heavy atom. The van der Waals surface area contributed by atoms with E-state index < -0.39 is 0 Å². The van der Waals surface area contributed by atoms with Gasteiger partial charge >= 0.3 is 0 Å². The van der Waals surface area contributed by atoms with Gasteiger partial charge in [0.1, 0.15) is 0 Å². The molecule has 11 heavy (non-hydrogen) atoms. The predicted molar refractivity (Wildman–Crippen MR) is 48.6 cm³/mol. The van der Waals surface area contributed by atoms with Crippen LogP contribution in [0, 0.1) is 0 Å². The van der Waals surface area contributed by atoms with Gasteiger partial charge in [0.15, 0.2) is 0 Å². The van der Waals surface area contributed by atoms with Crippen molar-refractivity contribution in [3.05, 3.63) is 30.1 Å². The number of rotatable bonds is 4. The van der Waals surface area contributed by atoms with Crippen LogP contribution in [0.2, 0.25) is 0 Å². The minimum absolute atomic E-state index is 0. The second kappa shape index (κ2) is 4.85. The summed E-state index contributed by atoms with van der Waals surface area (Å²) in [6.07, 6.45) is 4.79. The molecule has 0 aliphatic rings. The lowest BCUT2D eigenvalue weighted by Gasteiger charge is -1.99. The van der Waals surface area contributed by atoms with Crippen LogP contribution < -0.4 is 5.32 Å². The Kier molecular flexibility index (Phi) is 3.62. The Hall–Kier alpha value is -0.890. The highest BCUT2D eigenvalue weighted by atomic mass is 14.8. The van der Waals surface area contributed by atoms with Gasteiger partial charge in [-0.25, -0.2) is 0 Å². The molecule has 1 aromatic heterocycles. The maximum absolute atomic E-state index is 4.04. The zero-order chi connectivity index (χ0) is 7.94. The van der Waals surface area contributed by atoms with Crippen LogP contribution in [0.5, 0.6) is 0 Å². The Balaban J connectivity index is 0.00000121. The Bertz CT molecular complexity index is 189. The lowest BCUT2D eigenvalue weighted by atomic mass is 10.2. The quantitative estimate of drug-likeness (QED) is 0.661. The Morgan fingerprint density at radius 2 is 2.55 bits per heavy atom. The van der Waals surface area contributed by atoms with Crippen LogP contribution in [-0.2, 0) is 6.42 Å². The summed E-state index contributed by atoms with van der Waals surface area (Å²) in [4.78, 5) is 4.04. The van der Waals surface area contributed by atoms with Gasteiger partial charge in [-0.2, -0.15) is 0 Å². The molecule has 2 heteroatoms. The van der Waals surface area contributed by atoms with Crippen molar-refractivity contribution in [2.75, 3.05) is 13.1 Å². The van der Waals surface area contributed by atoms with Gasteiger partial charge in [0.05, 0.1) is 0 Å². The van der Waals surface area contributed by atoms with Crippen molar-refractivity contribution in [3.63, 3.8) is 0 Å². The van der Waals surface area contributed by atoms with Gasteiger partial charge in [0.2, 0.25) is 0 Å². The zero-order valence-corrected chi connectivity index (χ0v) is 6.88. The molecular formula is C9H16N2. The van der Waals surface area contributed by atoms with E-state index in [2.05, 4.69) is 23.3 Å². The van der Waals surface area contributed by atoms with Gasteiger partial charge in [0, 0.05) is 13.8 Å². The zero-order valence-electron chi connectivity index (χ0n) is 6.88. The summed E-state index contributed by atoms with van der Waals surface area (Å²) in [5, 5.41) is 3.27. The summed E-state index contributed by atoms with van der Waals surface area (Å²) in [7, 11) is 0. The van der Waals surface area contributed by atoms with Gasteiger partial charge in [-0.05, 0) is 31.1 Å². The first kappa shape index (κ1) is 8.21. The highest BCUT2D eigenvalue weighted by molar-refractivity contribution is 5.08. The van der Waals surface area contributed by atoms with E-state index in [1.807, 2.05) is 12.3 Å². The first-order valence-electron chi connectivity index (χ1n) is 4.03. The normalized spacial score (nSPS) is 9.91. The van der Waals surface area contributed by atoms with E-state index in [-0.39, 0.29) is 1.43 Å². The third-order valence-corrected chi connectivity index (χ3v) is 1.56. The van der Waals surface area contributed by atoms with E-state index in [4.69, 9.17) is 0 Å². The number of nitrogens with zero attached hydrogens (tertiary/aromatic N) is 1. The maximum Gasteiger partial charge on any atom is 0.0300 e. The molecule has 1 aromatic rings. The number of aromatic nitrogens is 1. The van der Waals surface area contributed by atoms with Crippen molar-refractivity contribution in [3.8, 4) is 0 Å². The number of hydrogen-bond acceptors (Lipinski definition) is 2. The third kappa shape index (κ3) is 3.14. The molecule has 0 aliphatic heterocycles. The molecule has 0 spiro atoms. The SMILES string of the molecule is CCNCCc1cccnc1.[HH]. The highest BCUT2D eigenvalue weighted by Gasteiger charge is 1.89. The predicted octanol–water partition coefficient (Wildman–Crippen LogP) is 1.48. The van der Waals surface area contributed by atoms with Crippen LogP contribution in [-0.4, -0.2) is 18.1 Å². The molecule has 0 atom stereocenters. The Morgan fingerprint density at radius 3 is 3.18 bits per heavy atom. The molecule has 1 heterocycles. The molecule has 0 aromatic carbocycles. The summed E-state index contributed by atoms with van der Waals surface area (Å²) in [5.41, 5.74) is 1.30. The molecule has 0 amide bonds. The highest BCUT2D eigenvalue weighted by Crippen LogP contribution is 1.94. The Labute approximate surface area is 69.1 Å². The van der Waals surface area contributed by atoms with Gasteiger partial charge in [0.25, 0.3) is 0 Å². The molecule has 0 saturated heterocycles. The molecular weight excluding hydrogens is 136 g/mol. The van der Waals surface area contributed by atoms with Crippen LogP contribution in [0.15, 0.2) is 24.5 Å². The standard InChI is InChI=1S/C9H14N2.H2/c1-2-10-7-5-9-4-3-6-11-8-9;/h3-4,6,8,10H,2,5,7H2,1H3;1H. The van der Waals surface area contributed by atoms with Crippen LogP contribution >= 0.6 is 0 Å². The second-order valence-corrected chi connectivity index (χ2v) is 2.46. The summed E-state index contributed by atoms with van der Waals surface area (Å²) in [6.45, 7) is 4.20. The molecule has 0 unspecified atom stereocenters. The fourth-order valence-electron chi connectivity index (χ4n) is 0.956. The summed E-state index contributed by atoms with van der Waals surface area (Å²) >= 11 is 0. The van der Waals surface area contributed by atoms with Crippen molar-refractivity contribution in [2.45, 2.75) is 13.3 Å². The second-order valence-electron chi connectivity index (χ2n) is 2.46. The molecule has 0 saturated carbocycles. The molecule has 0 radical (unpaired) electrons. The van der Waals surface area contributed by atoms with Gasteiger partial charge in [-0.1, -0.05) is 13.0 Å². The largest absolute Gasteiger partial charge is 0.317 e. The van der Waals surface area contributed by atoms with Crippen molar-refractivity contribution in [2.24, 2.45) is 0 Å². The number of hydrogen-bond donors (Lipinski definition) is 1. The lowest BCUT2D eigenvalue weighted by molar-refractivity contribution is 0.715. The van der Waals surface area contributed by atoms with Crippen molar-refractivity contribution >= 4 is 0 Å². The van der Waals surface area contributed by atoms with E-state index in [0.29, 0.717) is 0 Å². The molecule has 1 N–H and O–H groups in total. The van der Waals surface area contributed by atoms with Crippen molar-refractivity contribution in [1.29, 1.82) is 0 Å². The first-order chi connectivity index (χ1) is 5.43. The maximum atomic E-state index is 4.04. The average Bonchev–Trinajstić information content (AvgIpc) is 2.07. The van der Waals surface area contributed by atoms with E-state index in [0.717, 1.165) is 19.5 Å². The number of pyridine rings is 1. The minimum Gasteiger partial charge on any atom is -0.317 e. The van der Waals surface area contributed by atoms with Crippen LogP contribution in [0.4, 0.5) is 0 Å². The third-order valence-electron chi connectivity index (χ3n) is 1.56. The van der Waals surface area contributed by atoms with Gasteiger partial charge < -0.3 is 5.32 Å². The topological polar surface area (TPSA) is 24.9 Å². The summed E-state index contributed by atoms with van der Waals surface area (Å²) in [5.74, 6) is 0.